The number of fused-ring (bicyclic) bond motifs is 1. The van der Waals surface area contributed by atoms with Crippen molar-refractivity contribution in [2.75, 3.05) is 0 Å². The largest absolute Gasteiger partial charge is 0.0996 e. The highest BCUT2D eigenvalue weighted by atomic mass is 14.5. The first-order valence-electron chi connectivity index (χ1n) is 8.39. The van der Waals surface area contributed by atoms with Gasteiger partial charge in [-0.15, -0.1) is 0 Å². The zero-order valence-electron chi connectivity index (χ0n) is 14.0. The van der Waals surface area contributed by atoms with Crippen LogP contribution in [0.4, 0.5) is 0 Å². The summed E-state index contributed by atoms with van der Waals surface area (Å²) >= 11 is 0. The van der Waals surface area contributed by atoms with Gasteiger partial charge in [0.15, 0.2) is 0 Å². The first-order chi connectivity index (χ1) is 9.40. The molecule has 0 nitrogen and oxygen atoms in total. The van der Waals surface area contributed by atoms with Gasteiger partial charge in [-0.3, -0.25) is 0 Å². The summed E-state index contributed by atoms with van der Waals surface area (Å²) in [6.07, 6.45) is 13.7. The van der Waals surface area contributed by atoms with Gasteiger partial charge in [-0.2, -0.15) is 0 Å². The topological polar surface area (TPSA) is 0 Å². The second-order valence-electron chi connectivity index (χ2n) is 7.78. The lowest BCUT2D eigenvalue weighted by Crippen LogP contribution is -2.44. The van der Waals surface area contributed by atoms with Crippen molar-refractivity contribution >= 4 is 0 Å². The molecule has 0 saturated heterocycles. The third-order valence-electron chi connectivity index (χ3n) is 5.60. The van der Waals surface area contributed by atoms with Gasteiger partial charge in [0.05, 0.1) is 0 Å². The van der Waals surface area contributed by atoms with Crippen molar-refractivity contribution in [1.82, 2.24) is 0 Å². The third kappa shape index (κ3) is 3.65. The Morgan fingerprint density at radius 1 is 1.00 bits per heavy atom. The molecular weight excluding hydrogens is 240 g/mol. The van der Waals surface area contributed by atoms with Crippen LogP contribution in [0, 0.1) is 17.3 Å². The Morgan fingerprint density at radius 3 is 2.25 bits per heavy atom. The van der Waals surface area contributed by atoms with Gasteiger partial charge in [-0.1, -0.05) is 49.3 Å². The lowest BCUT2D eigenvalue weighted by molar-refractivity contribution is 0.00338. The van der Waals surface area contributed by atoms with Crippen LogP contribution >= 0.6 is 0 Å². The molecule has 0 heterocycles. The van der Waals surface area contributed by atoms with Crippen molar-refractivity contribution in [3.05, 3.63) is 35.5 Å². The van der Waals surface area contributed by atoms with Crippen LogP contribution < -0.4 is 0 Å². The summed E-state index contributed by atoms with van der Waals surface area (Å²) in [5, 5.41) is 0. The van der Waals surface area contributed by atoms with E-state index in [1.807, 2.05) is 0 Å². The van der Waals surface area contributed by atoms with Gasteiger partial charge in [0, 0.05) is 0 Å². The standard InChI is InChI=1S/C20H32/c1-15-8-6-9-16(2)12-13-19-18(14-20(19,4)5)17(3)11-7-10-15/h9-10,18-19H,3,6-8,11-14H2,1-2,4-5H3/b15-10-,16-9-/t18-,19-/m1/s1. The van der Waals surface area contributed by atoms with E-state index in [0.717, 1.165) is 11.8 Å². The van der Waals surface area contributed by atoms with E-state index in [0.29, 0.717) is 5.41 Å². The number of rotatable bonds is 0. The molecule has 0 aromatic rings. The van der Waals surface area contributed by atoms with E-state index in [1.165, 1.54) is 50.5 Å². The van der Waals surface area contributed by atoms with Crippen LogP contribution in [0.3, 0.4) is 0 Å². The van der Waals surface area contributed by atoms with Crippen molar-refractivity contribution in [2.24, 2.45) is 17.3 Å². The average molecular weight is 272 g/mol. The highest BCUT2D eigenvalue weighted by molar-refractivity contribution is 5.15. The fraction of sp³-hybridized carbons (Fsp3) is 0.700. The van der Waals surface area contributed by atoms with E-state index >= 15 is 0 Å². The van der Waals surface area contributed by atoms with Crippen molar-refractivity contribution in [1.29, 1.82) is 0 Å². The van der Waals surface area contributed by atoms with Crippen LogP contribution in [-0.4, -0.2) is 0 Å². The van der Waals surface area contributed by atoms with E-state index in [-0.39, 0.29) is 0 Å². The second kappa shape index (κ2) is 6.33. The lowest BCUT2D eigenvalue weighted by Gasteiger charge is -2.53. The van der Waals surface area contributed by atoms with Crippen molar-refractivity contribution in [3.63, 3.8) is 0 Å². The molecule has 1 saturated carbocycles. The van der Waals surface area contributed by atoms with E-state index in [4.69, 9.17) is 0 Å². The van der Waals surface area contributed by atoms with E-state index < -0.39 is 0 Å². The van der Waals surface area contributed by atoms with Gasteiger partial charge in [0.1, 0.15) is 0 Å². The van der Waals surface area contributed by atoms with E-state index in [9.17, 15) is 0 Å². The molecular formula is C20H32. The summed E-state index contributed by atoms with van der Waals surface area (Å²) in [5.74, 6) is 1.64. The maximum Gasteiger partial charge on any atom is -0.0167 e. The zero-order chi connectivity index (χ0) is 14.8. The zero-order valence-corrected chi connectivity index (χ0v) is 14.0. The molecule has 2 aliphatic carbocycles. The normalized spacial score (nSPS) is 36.9. The van der Waals surface area contributed by atoms with Gasteiger partial charge in [-0.05, 0) is 76.0 Å². The molecule has 0 aliphatic heterocycles. The second-order valence-corrected chi connectivity index (χ2v) is 7.78. The van der Waals surface area contributed by atoms with Gasteiger partial charge in [0.25, 0.3) is 0 Å². The Hall–Kier alpha value is -0.780. The minimum absolute atomic E-state index is 0.528. The summed E-state index contributed by atoms with van der Waals surface area (Å²) in [7, 11) is 0. The predicted molar refractivity (Wildman–Crippen MR) is 89.7 cm³/mol. The molecule has 0 bridgehead atoms. The summed E-state index contributed by atoms with van der Waals surface area (Å²) in [4.78, 5) is 0. The molecule has 0 aromatic carbocycles. The SMILES string of the molecule is C=C1CC/C=C(/C)CC/C=C(/C)CC[C@@H]2[C@@H]1CC2(C)C. The molecule has 0 N–H and O–H groups in total. The van der Waals surface area contributed by atoms with Crippen LogP contribution in [0.1, 0.15) is 72.6 Å². The summed E-state index contributed by atoms with van der Waals surface area (Å²) in [5.41, 5.74) is 5.18. The Labute approximate surface area is 126 Å². The number of hydrogen-bond donors (Lipinski definition) is 0. The molecule has 112 valence electrons. The van der Waals surface area contributed by atoms with Gasteiger partial charge >= 0.3 is 0 Å². The first-order valence-corrected chi connectivity index (χ1v) is 8.39. The molecule has 20 heavy (non-hydrogen) atoms. The highest BCUT2D eigenvalue weighted by Gasteiger charge is 2.47. The van der Waals surface area contributed by atoms with Crippen molar-refractivity contribution in [2.45, 2.75) is 72.6 Å². The van der Waals surface area contributed by atoms with Crippen LogP contribution in [0.5, 0.6) is 0 Å². The molecule has 0 heteroatoms. The summed E-state index contributed by atoms with van der Waals surface area (Å²) in [6, 6.07) is 0. The number of hydrogen-bond acceptors (Lipinski definition) is 0. The lowest BCUT2D eigenvalue weighted by atomic mass is 9.52. The average Bonchev–Trinajstić information content (AvgIpc) is 2.36. The molecule has 0 aromatic heterocycles. The molecule has 0 unspecified atom stereocenters. The highest BCUT2D eigenvalue weighted by Crippen LogP contribution is 2.56. The Balaban J connectivity index is 2.10. The summed E-state index contributed by atoms with van der Waals surface area (Å²) in [6.45, 7) is 13.9. The Bertz CT molecular complexity index is 419. The molecule has 0 radical (unpaired) electrons. The minimum Gasteiger partial charge on any atom is -0.0996 e. The molecule has 0 spiro atoms. The fourth-order valence-corrected chi connectivity index (χ4v) is 4.09. The smallest absolute Gasteiger partial charge is 0.0167 e. The van der Waals surface area contributed by atoms with Gasteiger partial charge in [-0.25, -0.2) is 0 Å². The van der Waals surface area contributed by atoms with Gasteiger partial charge < -0.3 is 0 Å². The monoisotopic (exact) mass is 272 g/mol. The molecule has 2 atom stereocenters. The van der Waals surface area contributed by atoms with Crippen LogP contribution in [0.25, 0.3) is 0 Å². The van der Waals surface area contributed by atoms with Crippen LogP contribution in [0.15, 0.2) is 35.5 Å². The fourth-order valence-electron chi connectivity index (χ4n) is 4.09. The third-order valence-corrected chi connectivity index (χ3v) is 5.60. The van der Waals surface area contributed by atoms with Gasteiger partial charge in [0.2, 0.25) is 0 Å². The Morgan fingerprint density at radius 2 is 1.60 bits per heavy atom. The first kappa shape index (κ1) is 15.6. The molecule has 2 rings (SSSR count). The van der Waals surface area contributed by atoms with E-state index in [2.05, 4.69) is 46.4 Å². The van der Waals surface area contributed by atoms with Crippen molar-refractivity contribution in [3.8, 4) is 0 Å². The Kier molecular flexibility index (Phi) is 4.94. The molecule has 2 aliphatic rings. The van der Waals surface area contributed by atoms with Crippen LogP contribution in [-0.2, 0) is 0 Å². The predicted octanol–water partition coefficient (Wildman–Crippen LogP) is 6.45. The number of allylic oxidation sites excluding steroid dienone is 5. The van der Waals surface area contributed by atoms with Crippen molar-refractivity contribution < 1.29 is 0 Å². The molecule has 1 fully saturated rings. The van der Waals surface area contributed by atoms with Crippen LogP contribution in [0.2, 0.25) is 0 Å². The maximum atomic E-state index is 4.41. The maximum absolute atomic E-state index is 4.41. The minimum atomic E-state index is 0.528. The van der Waals surface area contributed by atoms with E-state index in [1.54, 1.807) is 11.1 Å². The summed E-state index contributed by atoms with van der Waals surface area (Å²) < 4.78 is 0. The quantitative estimate of drug-likeness (QED) is 0.444. The molecule has 0 amide bonds.